The lowest BCUT2D eigenvalue weighted by atomic mass is 10.1. The Labute approximate surface area is 85.3 Å². The van der Waals surface area contributed by atoms with Gasteiger partial charge in [-0.25, -0.2) is 0 Å². The average Bonchev–Trinajstić information content (AvgIpc) is 2.14. The van der Waals surface area contributed by atoms with Crippen LogP contribution < -0.4 is 5.32 Å². The summed E-state index contributed by atoms with van der Waals surface area (Å²) in [6, 6.07) is 0.327. The van der Waals surface area contributed by atoms with Crippen molar-refractivity contribution in [2.24, 2.45) is 0 Å². The molecule has 82 valence electrons. The molecule has 0 spiro atoms. The van der Waals surface area contributed by atoms with Gasteiger partial charge in [-0.1, -0.05) is 13.8 Å². The molecule has 1 fully saturated rings. The number of likely N-dealkylation sites (tertiary alicyclic amines) is 1. The van der Waals surface area contributed by atoms with E-state index >= 15 is 0 Å². The first-order chi connectivity index (χ1) is 6.59. The van der Waals surface area contributed by atoms with Gasteiger partial charge in [0.25, 0.3) is 0 Å². The molecule has 1 rings (SSSR count). The van der Waals surface area contributed by atoms with Gasteiger partial charge in [-0.05, 0) is 12.8 Å². The third kappa shape index (κ3) is 3.64. The third-order valence-corrected chi connectivity index (χ3v) is 2.41. The average molecular weight is 200 g/mol. The standard InChI is InChI=1S/C10H20N2O2/c1-8(2)11-6-10(14)12-5-3-4-9(13)7-12/h8-9,11,13H,3-7H2,1-2H3/t9-/m0/s1. The van der Waals surface area contributed by atoms with Crippen LogP contribution in [-0.4, -0.2) is 47.7 Å². The van der Waals surface area contributed by atoms with Gasteiger partial charge in [0.1, 0.15) is 0 Å². The molecule has 0 aromatic rings. The van der Waals surface area contributed by atoms with Gasteiger partial charge < -0.3 is 15.3 Å². The molecule has 1 aliphatic rings. The molecule has 2 N–H and O–H groups in total. The molecule has 0 aliphatic carbocycles. The number of amides is 1. The molecule has 1 aliphatic heterocycles. The molecule has 0 saturated carbocycles. The Hall–Kier alpha value is -0.610. The molecule has 0 radical (unpaired) electrons. The summed E-state index contributed by atoms with van der Waals surface area (Å²) < 4.78 is 0. The van der Waals surface area contributed by atoms with E-state index in [2.05, 4.69) is 5.32 Å². The lowest BCUT2D eigenvalue weighted by molar-refractivity contribution is -0.133. The predicted octanol–water partition coefficient (Wildman–Crippen LogP) is -0.0323. The number of piperidine rings is 1. The number of aliphatic hydroxyl groups excluding tert-OH is 1. The SMILES string of the molecule is CC(C)NCC(=O)N1CCC[C@H](O)C1. The lowest BCUT2D eigenvalue weighted by Crippen LogP contribution is -2.46. The Balaban J connectivity index is 2.29. The van der Waals surface area contributed by atoms with E-state index in [-0.39, 0.29) is 12.0 Å². The van der Waals surface area contributed by atoms with Crippen molar-refractivity contribution in [1.82, 2.24) is 10.2 Å². The van der Waals surface area contributed by atoms with Crippen molar-refractivity contribution in [3.05, 3.63) is 0 Å². The molecule has 0 aromatic heterocycles. The normalized spacial score (nSPS) is 22.9. The largest absolute Gasteiger partial charge is 0.391 e. The quantitative estimate of drug-likeness (QED) is 0.672. The Morgan fingerprint density at radius 3 is 2.93 bits per heavy atom. The number of hydrogen-bond acceptors (Lipinski definition) is 3. The van der Waals surface area contributed by atoms with Crippen LogP contribution in [0.3, 0.4) is 0 Å². The van der Waals surface area contributed by atoms with E-state index < -0.39 is 0 Å². The maximum atomic E-state index is 11.6. The van der Waals surface area contributed by atoms with E-state index in [1.165, 1.54) is 0 Å². The highest BCUT2D eigenvalue weighted by atomic mass is 16.3. The molecule has 1 saturated heterocycles. The summed E-state index contributed by atoms with van der Waals surface area (Å²) >= 11 is 0. The summed E-state index contributed by atoms with van der Waals surface area (Å²) in [7, 11) is 0. The molecule has 0 unspecified atom stereocenters. The molecule has 0 bridgehead atoms. The second-order valence-corrected chi connectivity index (χ2v) is 4.17. The molecule has 1 atom stereocenters. The van der Waals surface area contributed by atoms with Crippen LogP contribution in [0.4, 0.5) is 0 Å². The zero-order chi connectivity index (χ0) is 10.6. The third-order valence-electron chi connectivity index (χ3n) is 2.41. The molecule has 0 aromatic carbocycles. The number of nitrogens with zero attached hydrogens (tertiary/aromatic N) is 1. The first kappa shape index (κ1) is 11.5. The molecular weight excluding hydrogens is 180 g/mol. The summed E-state index contributed by atoms with van der Waals surface area (Å²) in [5.41, 5.74) is 0. The maximum absolute atomic E-state index is 11.6. The Bertz CT molecular complexity index is 195. The summed E-state index contributed by atoms with van der Waals surface area (Å²) in [5, 5.41) is 12.5. The Morgan fingerprint density at radius 1 is 1.64 bits per heavy atom. The number of β-amino-alcohol motifs (C(OH)–C–C–N with tert-alkyl or cyclic N) is 1. The number of hydrogen-bond donors (Lipinski definition) is 2. The van der Waals surface area contributed by atoms with Gasteiger partial charge in [0.05, 0.1) is 12.6 Å². The lowest BCUT2D eigenvalue weighted by Gasteiger charge is -2.30. The fourth-order valence-corrected chi connectivity index (χ4v) is 1.58. The van der Waals surface area contributed by atoms with E-state index in [0.717, 1.165) is 19.4 Å². The van der Waals surface area contributed by atoms with Crippen LogP contribution >= 0.6 is 0 Å². The zero-order valence-electron chi connectivity index (χ0n) is 8.99. The van der Waals surface area contributed by atoms with Crippen LogP contribution in [0, 0.1) is 0 Å². The number of nitrogens with one attached hydrogen (secondary N) is 1. The predicted molar refractivity (Wildman–Crippen MR) is 55.0 cm³/mol. The van der Waals surface area contributed by atoms with Crippen molar-refractivity contribution in [3.63, 3.8) is 0 Å². The minimum atomic E-state index is -0.327. The Morgan fingerprint density at radius 2 is 2.36 bits per heavy atom. The van der Waals surface area contributed by atoms with E-state index in [1.807, 2.05) is 13.8 Å². The zero-order valence-corrected chi connectivity index (χ0v) is 8.99. The fraction of sp³-hybridized carbons (Fsp3) is 0.900. The first-order valence-corrected chi connectivity index (χ1v) is 5.29. The van der Waals surface area contributed by atoms with Gasteiger partial charge in [-0.2, -0.15) is 0 Å². The number of carbonyl (C=O) groups is 1. The summed E-state index contributed by atoms with van der Waals surface area (Å²) in [6.07, 6.45) is 1.41. The number of carbonyl (C=O) groups excluding carboxylic acids is 1. The van der Waals surface area contributed by atoms with Gasteiger partial charge in [0.15, 0.2) is 0 Å². The van der Waals surface area contributed by atoms with Crippen molar-refractivity contribution in [2.45, 2.75) is 38.8 Å². The highest BCUT2D eigenvalue weighted by molar-refractivity contribution is 5.78. The monoisotopic (exact) mass is 200 g/mol. The maximum Gasteiger partial charge on any atom is 0.236 e. The van der Waals surface area contributed by atoms with Gasteiger partial charge in [0.2, 0.25) is 5.91 Å². The van der Waals surface area contributed by atoms with E-state index in [1.54, 1.807) is 4.90 Å². The molecular formula is C10H20N2O2. The molecule has 1 amide bonds. The van der Waals surface area contributed by atoms with Crippen LogP contribution in [0.25, 0.3) is 0 Å². The van der Waals surface area contributed by atoms with Crippen molar-refractivity contribution in [3.8, 4) is 0 Å². The van der Waals surface area contributed by atoms with Crippen molar-refractivity contribution < 1.29 is 9.90 Å². The second-order valence-electron chi connectivity index (χ2n) is 4.17. The van der Waals surface area contributed by atoms with Gasteiger partial charge >= 0.3 is 0 Å². The second kappa shape index (κ2) is 5.32. The van der Waals surface area contributed by atoms with Crippen molar-refractivity contribution in [2.75, 3.05) is 19.6 Å². The van der Waals surface area contributed by atoms with Crippen molar-refractivity contribution in [1.29, 1.82) is 0 Å². The highest BCUT2D eigenvalue weighted by Gasteiger charge is 2.21. The van der Waals surface area contributed by atoms with Crippen LogP contribution in [0.1, 0.15) is 26.7 Å². The van der Waals surface area contributed by atoms with Crippen LogP contribution in [0.15, 0.2) is 0 Å². The molecule has 1 heterocycles. The van der Waals surface area contributed by atoms with Gasteiger partial charge in [-0.15, -0.1) is 0 Å². The van der Waals surface area contributed by atoms with E-state index in [9.17, 15) is 9.90 Å². The smallest absolute Gasteiger partial charge is 0.236 e. The fourth-order valence-electron chi connectivity index (χ4n) is 1.58. The van der Waals surface area contributed by atoms with E-state index in [4.69, 9.17) is 0 Å². The van der Waals surface area contributed by atoms with Crippen LogP contribution in [0.5, 0.6) is 0 Å². The Kier molecular flexibility index (Phi) is 4.35. The number of aliphatic hydroxyl groups is 1. The molecule has 4 nitrogen and oxygen atoms in total. The topological polar surface area (TPSA) is 52.6 Å². The summed E-state index contributed by atoms with van der Waals surface area (Å²) in [6.45, 7) is 5.69. The summed E-state index contributed by atoms with van der Waals surface area (Å²) in [4.78, 5) is 13.3. The first-order valence-electron chi connectivity index (χ1n) is 5.29. The number of rotatable bonds is 3. The summed E-state index contributed by atoms with van der Waals surface area (Å²) in [5.74, 6) is 0.0949. The van der Waals surface area contributed by atoms with E-state index in [0.29, 0.717) is 19.1 Å². The highest BCUT2D eigenvalue weighted by Crippen LogP contribution is 2.09. The molecule has 14 heavy (non-hydrogen) atoms. The van der Waals surface area contributed by atoms with Crippen LogP contribution in [0.2, 0.25) is 0 Å². The van der Waals surface area contributed by atoms with Gasteiger partial charge in [0, 0.05) is 19.1 Å². The minimum Gasteiger partial charge on any atom is -0.391 e. The molecule has 4 heteroatoms. The minimum absolute atomic E-state index is 0.0949. The van der Waals surface area contributed by atoms with Crippen molar-refractivity contribution >= 4 is 5.91 Å². The van der Waals surface area contributed by atoms with Crippen LogP contribution in [-0.2, 0) is 4.79 Å². The van der Waals surface area contributed by atoms with Gasteiger partial charge in [-0.3, -0.25) is 4.79 Å².